The van der Waals surface area contributed by atoms with Gasteiger partial charge >= 0.3 is 116 Å². The number of benzene rings is 1. The molecule has 4 nitrogen and oxygen atoms in total. The van der Waals surface area contributed by atoms with Crippen molar-refractivity contribution in [2.75, 3.05) is 7.05 Å². The van der Waals surface area contributed by atoms with E-state index in [-0.39, 0.29) is 4.46 Å². The quantitative estimate of drug-likeness (QED) is 0.849. The molecule has 0 aromatic heterocycles. The van der Waals surface area contributed by atoms with E-state index in [2.05, 4.69) is 4.90 Å². The van der Waals surface area contributed by atoms with E-state index in [0.29, 0.717) is 18.2 Å². The summed E-state index contributed by atoms with van der Waals surface area (Å²) in [6.07, 6.45) is 6.15. The van der Waals surface area contributed by atoms with Gasteiger partial charge in [0, 0.05) is 0 Å². The average Bonchev–Trinajstić information content (AvgIpc) is 2.39. The van der Waals surface area contributed by atoms with Crippen molar-refractivity contribution in [2.24, 2.45) is 0 Å². The minimum atomic E-state index is -4.90. The molecule has 5 heteroatoms. The van der Waals surface area contributed by atoms with Gasteiger partial charge in [-0.15, -0.1) is 0 Å². The molecule has 0 saturated heterocycles. The van der Waals surface area contributed by atoms with Gasteiger partial charge in [-0.25, -0.2) is 0 Å². The molecule has 0 spiro atoms. The van der Waals surface area contributed by atoms with E-state index in [9.17, 15) is 11.9 Å². The molecule has 106 valence electrons. The van der Waals surface area contributed by atoms with Crippen LogP contribution in [0.5, 0.6) is 0 Å². The zero-order valence-corrected chi connectivity index (χ0v) is 13.0. The Morgan fingerprint density at radius 3 is 2.47 bits per heavy atom. The van der Waals surface area contributed by atoms with Crippen molar-refractivity contribution >= 4 is 17.5 Å². The number of hydrogen-bond acceptors (Lipinski definition) is 3. The molecule has 0 unspecified atom stereocenters. The molecule has 0 bridgehead atoms. The van der Waals surface area contributed by atoms with Crippen LogP contribution in [0.1, 0.15) is 37.7 Å². The predicted octanol–water partition coefficient (Wildman–Crippen LogP) is 1.45. The van der Waals surface area contributed by atoms with Gasteiger partial charge in [-0.1, -0.05) is 0 Å². The summed E-state index contributed by atoms with van der Waals surface area (Å²) in [7, 11) is 2.03. The molecule has 1 aliphatic carbocycles. The molecule has 1 aromatic carbocycles. The second-order valence-electron chi connectivity index (χ2n) is 5.29. The normalized spacial score (nSPS) is 17.8. The Morgan fingerprint density at radius 2 is 1.84 bits per heavy atom. The average molecular weight is 330 g/mol. The molecule has 0 amide bonds. The van der Waals surface area contributed by atoms with E-state index in [1.54, 1.807) is 12.1 Å². The van der Waals surface area contributed by atoms with Crippen LogP contribution in [0.2, 0.25) is 0 Å². The molecule has 0 atom stereocenters. The van der Waals surface area contributed by atoms with Crippen molar-refractivity contribution in [1.29, 1.82) is 0 Å². The molecule has 1 saturated carbocycles. The molecule has 1 aromatic rings. The van der Waals surface area contributed by atoms with Gasteiger partial charge in [0.05, 0.1) is 0 Å². The summed E-state index contributed by atoms with van der Waals surface area (Å²) < 4.78 is 32.3. The molecule has 0 radical (unpaired) electrons. The summed E-state index contributed by atoms with van der Waals surface area (Å²) in [5, 5.41) is 0. The second-order valence-corrected chi connectivity index (χ2v) is 8.21. The van der Waals surface area contributed by atoms with Gasteiger partial charge in [-0.2, -0.15) is 0 Å². The monoisotopic (exact) mass is 331 g/mol. The maximum absolute atomic E-state index is 11.4. The molecule has 1 N–H and O–H groups in total. The first-order valence-electron chi connectivity index (χ1n) is 6.74. The predicted molar refractivity (Wildman–Crippen MR) is 73.8 cm³/mol. The van der Waals surface area contributed by atoms with Crippen molar-refractivity contribution in [3.8, 4) is 0 Å². The van der Waals surface area contributed by atoms with Crippen LogP contribution >= 0.6 is 0 Å². The Kier molecular flexibility index (Phi) is 4.74. The van der Waals surface area contributed by atoms with E-state index < -0.39 is 13.0 Å². The van der Waals surface area contributed by atoms with E-state index in [1.165, 1.54) is 38.2 Å². The van der Waals surface area contributed by atoms with Crippen LogP contribution < -0.4 is 4.46 Å². The Morgan fingerprint density at radius 1 is 1.21 bits per heavy atom. The summed E-state index contributed by atoms with van der Waals surface area (Å²) in [6.45, 7) is 0.574. The van der Waals surface area contributed by atoms with Gasteiger partial charge < -0.3 is 0 Å². The zero-order chi connectivity index (χ0) is 13.9. The van der Waals surface area contributed by atoms with E-state index in [4.69, 9.17) is 0 Å². The third-order valence-electron chi connectivity index (χ3n) is 3.87. The first kappa shape index (κ1) is 14.7. The van der Waals surface area contributed by atoms with Crippen molar-refractivity contribution in [3.05, 3.63) is 29.8 Å². The van der Waals surface area contributed by atoms with Gasteiger partial charge in [0.25, 0.3) is 0 Å². The van der Waals surface area contributed by atoms with E-state index >= 15 is 0 Å². The van der Waals surface area contributed by atoms with Crippen molar-refractivity contribution < 1.29 is 11.9 Å². The Balaban J connectivity index is 2.14. The molecule has 2 rings (SSSR count). The van der Waals surface area contributed by atoms with Gasteiger partial charge in [0.15, 0.2) is 0 Å². The Labute approximate surface area is 116 Å². The second kappa shape index (κ2) is 6.14. The summed E-state index contributed by atoms with van der Waals surface area (Å²) in [6, 6.07) is 7.27. The number of nitrogens with zero attached hydrogens (tertiary/aromatic N) is 1. The first-order chi connectivity index (χ1) is 8.98. The molecular weight excluding hydrogens is 309 g/mol. The molecular formula is C14H21NO3Se. The third-order valence-corrected chi connectivity index (χ3v) is 5.87. The van der Waals surface area contributed by atoms with Crippen LogP contribution in [0.4, 0.5) is 0 Å². The third kappa shape index (κ3) is 3.86. The summed E-state index contributed by atoms with van der Waals surface area (Å²) in [5.74, 6) is 0. The van der Waals surface area contributed by atoms with Crippen LogP contribution in [0.15, 0.2) is 24.3 Å². The fourth-order valence-electron chi connectivity index (χ4n) is 2.81. The van der Waals surface area contributed by atoms with E-state index in [1.807, 2.05) is 13.1 Å². The summed E-state index contributed by atoms with van der Waals surface area (Å²) >= 11 is -4.90. The van der Waals surface area contributed by atoms with E-state index in [0.717, 1.165) is 0 Å². The van der Waals surface area contributed by atoms with Crippen molar-refractivity contribution in [1.82, 2.24) is 4.90 Å². The molecule has 0 heterocycles. The van der Waals surface area contributed by atoms with Gasteiger partial charge in [-0.3, -0.25) is 0 Å². The Bertz CT molecular complexity index is 521. The van der Waals surface area contributed by atoms with Crippen LogP contribution in [0, 0.1) is 0 Å². The van der Waals surface area contributed by atoms with Gasteiger partial charge in [0.1, 0.15) is 0 Å². The summed E-state index contributed by atoms with van der Waals surface area (Å²) in [5.41, 5.74) is 0.697. The molecule has 0 aliphatic heterocycles. The fraction of sp³-hybridized carbons (Fsp3) is 0.571. The first-order valence-corrected chi connectivity index (χ1v) is 9.76. The van der Waals surface area contributed by atoms with Crippen LogP contribution in [-0.4, -0.2) is 35.2 Å². The van der Waals surface area contributed by atoms with Crippen LogP contribution in [0.25, 0.3) is 0 Å². The standard InChI is InChI=1S/C14H21NO3Se/c1-15(13-8-3-2-4-9-13)11-12-7-5-6-10-14(12)19(16,17)18/h5-7,10,13H,2-4,8-9,11H2,1H3,(H,16,17,18). The van der Waals surface area contributed by atoms with Crippen LogP contribution in [0.3, 0.4) is 0 Å². The Hall–Kier alpha value is -0.741. The molecule has 19 heavy (non-hydrogen) atoms. The molecule has 1 fully saturated rings. The number of hydrogen-bond donors (Lipinski definition) is 1. The minimum absolute atomic E-state index is 0.0985. The zero-order valence-electron chi connectivity index (χ0n) is 11.2. The van der Waals surface area contributed by atoms with Crippen molar-refractivity contribution in [3.63, 3.8) is 0 Å². The van der Waals surface area contributed by atoms with Gasteiger partial charge in [-0.05, 0) is 0 Å². The SMILES string of the molecule is CN(Cc1ccccc1[Se](=O)(=O)O)C1CCCCC1. The fourth-order valence-corrected chi connectivity index (χ4v) is 4.30. The van der Waals surface area contributed by atoms with Crippen LogP contribution in [-0.2, 0) is 14.2 Å². The topological polar surface area (TPSA) is 57.6 Å². The number of rotatable bonds is 4. The maximum atomic E-state index is 11.4. The molecule has 1 aliphatic rings. The van der Waals surface area contributed by atoms with Crippen molar-refractivity contribution in [2.45, 2.75) is 44.7 Å². The van der Waals surface area contributed by atoms with Gasteiger partial charge in [0.2, 0.25) is 0 Å². The summed E-state index contributed by atoms with van der Waals surface area (Å²) in [4.78, 5) is 2.21.